The number of fused-ring (bicyclic) bond motifs is 1. The molecule has 2 atom stereocenters. The molecule has 17 heavy (non-hydrogen) atoms. The zero-order chi connectivity index (χ0) is 12.4. The van der Waals surface area contributed by atoms with Crippen LogP contribution in [0.4, 0.5) is 4.39 Å². The highest BCUT2D eigenvalue weighted by Crippen LogP contribution is 2.44. The molecule has 0 spiro atoms. The summed E-state index contributed by atoms with van der Waals surface area (Å²) in [5, 5.41) is 0. The molecule has 0 saturated heterocycles. The van der Waals surface area contributed by atoms with E-state index in [1.54, 1.807) is 13.2 Å². The molecule has 0 radical (unpaired) electrons. The maximum atomic E-state index is 13.7. The van der Waals surface area contributed by atoms with E-state index in [-0.39, 0.29) is 18.0 Å². The van der Waals surface area contributed by atoms with Gasteiger partial charge in [-0.25, -0.2) is 4.39 Å². The summed E-state index contributed by atoms with van der Waals surface area (Å²) in [6.45, 7) is 2.07. The van der Waals surface area contributed by atoms with Gasteiger partial charge in [0.25, 0.3) is 0 Å². The topological polar surface area (TPSA) is 30.5 Å². The second kappa shape index (κ2) is 5.33. The summed E-state index contributed by atoms with van der Waals surface area (Å²) in [5.41, 5.74) is 3.68. The molecule has 5 heteroatoms. The van der Waals surface area contributed by atoms with Crippen LogP contribution in [0.25, 0.3) is 0 Å². The molecule has 0 amide bonds. The number of benzene rings is 1. The van der Waals surface area contributed by atoms with Crippen molar-refractivity contribution in [1.82, 2.24) is 5.48 Å². The van der Waals surface area contributed by atoms with E-state index in [1.807, 2.05) is 0 Å². The van der Waals surface area contributed by atoms with Crippen molar-refractivity contribution >= 4 is 15.9 Å². The van der Waals surface area contributed by atoms with E-state index in [0.29, 0.717) is 5.75 Å². The average molecular weight is 304 g/mol. The third-order valence-corrected chi connectivity index (χ3v) is 3.56. The Hall–Kier alpha value is -0.650. The van der Waals surface area contributed by atoms with Gasteiger partial charge < -0.3 is 9.57 Å². The van der Waals surface area contributed by atoms with E-state index in [9.17, 15) is 4.39 Å². The van der Waals surface area contributed by atoms with Crippen LogP contribution in [-0.4, -0.2) is 13.2 Å². The molecule has 94 valence electrons. The first-order valence-electron chi connectivity index (χ1n) is 5.62. The smallest absolute Gasteiger partial charge is 0.165 e. The predicted molar refractivity (Wildman–Crippen MR) is 66.3 cm³/mol. The van der Waals surface area contributed by atoms with Gasteiger partial charge in [0.05, 0.1) is 13.2 Å². The van der Waals surface area contributed by atoms with E-state index >= 15 is 0 Å². The van der Waals surface area contributed by atoms with Crippen molar-refractivity contribution < 1.29 is 14.0 Å². The van der Waals surface area contributed by atoms with Crippen molar-refractivity contribution in [3.8, 4) is 5.75 Å². The maximum absolute atomic E-state index is 13.7. The molecule has 1 N–H and O–H groups in total. The third kappa shape index (κ3) is 2.32. The highest BCUT2D eigenvalue weighted by atomic mass is 79.9. The Labute approximate surface area is 108 Å². The summed E-state index contributed by atoms with van der Waals surface area (Å²) in [7, 11) is 1.55. The number of hydrogen-bond acceptors (Lipinski definition) is 3. The minimum atomic E-state index is -0.329. The van der Waals surface area contributed by atoms with Gasteiger partial charge in [-0.3, -0.25) is 0 Å². The van der Waals surface area contributed by atoms with Gasteiger partial charge in [0, 0.05) is 10.0 Å². The number of nitrogens with one attached hydrogen (secondary N) is 1. The maximum Gasteiger partial charge on any atom is 0.165 e. The highest BCUT2D eigenvalue weighted by Gasteiger charge is 2.37. The fourth-order valence-corrected chi connectivity index (χ4v) is 2.69. The Bertz CT molecular complexity index is 414. The van der Waals surface area contributed by atoms with E-state index < -0.39 is 0 Å². The fraction of sp³-hybridized carbons (Fsp3) is 0.500. The van der Waals surface area contributed by atoms with Crippen LogP contribution in [-0.2, 0) is 4.84 Å². The molecule has 0 aromatic heterocycles. The van der Waals surface area contributed by atoms with Crippen LogP contribution in [0.2, 0.25) is 0 Å². The average Bonchev–Trinajstić information content (AvgIpc) is 2.66. The molecule has 1 aromatic carbocycles. The molecule has 2 rings (SSSR count). The Kier molecular flexibility index (Phi) is 4.01. The van der Waals surface area contributed by atoms with Gasteiger partial charge in [-0.15, -0.1) is 0 Å². The summed E-state index contributed by atoms with van der Waals surface area (Å²) in [6, 6.07) is 2.96. The predicted octanol–water partition coefficient (Wildman–Crippen LogP) is 3.34. The first-order valence-corrected chi connectivity index (χ1v) is 6.41. The zero-order valence-electron chi connectivity index (χ0n) is 9.80. The first kappa shape index (κ1) is 12.8. The summed E-state index contributed by atoms with van der Waals surface area (Å²) in [4.78, 5) is 4.98. The van der Waals surface area contributed by atoms with Crippen LogP contribution in [0, 0.1) is 5.82 Å². The van der Waals surface area contributed by atoms with Gasteiger partial charge in [-0.05, 0) is 18.6 Å². The lowest BCUT2D eigenvalue weighted by Gasteiger charge is -2.18. The number of ether oxygens (including phenoxy) is 1. The molecular weight excluding hydrogens is 289 g/mol. The first-order chi connectivity index (χ1) is 8.19. The molecular formula is C12H15BrFNO2. The van der Waals surface area contributed by atoms with Crippen molar-refractivity contribution in [2.75, 3.05) is 7.11 Å². The van der Waals surface area contributed by atoms with Gasteiger partial charge >= 0.3 is 0 Å². The molecule has 0 saturated carbocycles. The van der Waals surface area contributed by atoms with Crippen LogP contribution in [0.5, 0.6) is 5.75 Å². The van der Waals surface area contributed by atoms with Crippen LogP contribution < -0.4 is 10.2 Å². The fourth-order valence-electron chi connectivity index (χ4n) is 2.14. The van der Waals surface area contributed by atoms with Crippen molar-refractivity contribution in [1.29, 1.82) is 0 Å². The lowest BCUT2D eigenvalue weighted by Crippen LogP contribution is -2.30. The Morgan fingerprint density at radius 3 is 2.94 bits per heavy atom. The molecule has 2 unspecified atom stereocenters. The second-order valence-corrected chi connectivity index (χ2v) is 4.87. The molecule has 1 heterocycles. The Morgan fingerprint density at radius 2 is 2.29 bits per heavy atom. The molecule has 1 aromatic rings. The SMILES string of the molecule is CCCC1Oc2c(F)ccc(Br)c2C1NOC. The van der Waals surface area contributed by atoms with Gasteiger partial charge in [-0.2, -0.15) is 5.48 Å². The molecule has 0 bridgehead atoms. The van der Waals surface area contributed by atoms with Crippen LogP contribution in [0.1, 0.15) is 31.4 Å². The van der Waals surface area contributed by atoms with Crippen molar-refractivity contribution in [3.05, 3.63) is 28.0 Å². The van der Waals surface area contributed by atoms with E-state index in [1.165, 1.54) is 6.07 Å². The van der Waals surface area contributed by atoms with Crippen LogP contribution >= 0.6 is 15.9 Å². The summed E-state index contributed by atoms with van der Waals surface area (Å²) in [5.74, 6) is -0.00270. The van der Waals surface area contributed by atoms with E-state index in [4.69, 9.17) is 9.57 Å². The van der Waals surface area contributed by atoms with Gasteiger partial charge in [0.2, 0.25) is 0 Å². The lowest BCUT2D eigenvalue weighted by atomic mass is 10.0. The molecule has 1 aliphatic heterocycles. The second-order valence-electron chi connectivity index (χ2n) is 4.02. The minimum absolute atomic E-state index is 0.0943. The summed E-state index contributed by atoms with van der Waals surface area (Å²) < 4.78 is 20.2. The van der Waals surface area contributed by atoms with Crippen molar-refractivity contribution in [3.63, 3.8) is 0 Å². The van der Waals surface area contributed by atoms with Crippen LogP contribution in [0.3, 0.4) is 0 Å². The molecule has 0 aliphatic carbocycles. The van der Waals surface area contributed by atoms with Gasteiger partial charge in [0.15, 0.2) is 11.6 Å². The standard InChI is InChI=1S/C12H15BrFNO2/c1-3-4-9-11(15-16-2)10-7(13)5-6-8(14)12(10)17-9/h5-6,9,11,15H,3-4H2,1-2H3. The van der Waals surface area contributed by atoms with E-state index in [0.717, 1.165) is 22.9 Å². The third-order valence-electron chi connectivity index (χ3n) is 2.86. The summed E-state index contributed by atoms with van der Waals surface area (Å²) >= 11 is 3.43. The number of halogens is 2. The van der Waals surface area contributed by atoms with Gasteiger partial charge in [0.1, 0.15) is 6.10 Å². The number of hydroxylamine groups is 1. The van der Waals surface area contributed by atoms with Crippen LogP contribution in [0.15, 0.2) is 16.6 Å². The monoisotopic (exact) mass is 303 g/mol. The highest BCUT2D eigenvalue weighted by molar-refractivity contribution is 9.10. The number of rotatable bonds is 4. The largest absolute Gasteiger partial charge is 0.485 e. The quantitative estimate of drug-likeness (QED) is 0.865. The summed E-state index contributed by atoms with van der Waals surface area (Å²) in [6.07, 6.45) is 1.73. The normalized spacial score (nSPS) is 22.4. The number of hydrogen-bond donors (Lipinski definition) is 1. The zero-order valence-corrected chi connectivity index (χ0v) is 11.4. The Morgan fingerprint density at radius 1 is 1.53 bits per heavy atom. The van der Waals surface area contributed by atoms with Gasteiger partial charge in [-0.1, -0.05) is 29.3 Å². The molecule has 3 nitrogen and oxygen atoms in total. The molecule has 0 fully saturated rings. The Balaban J connectivity index is 2.39. The molecule has 1 aliphatic rings. The lowest BCUT2D eigenvalue weighted by molar-refractivity contribution is 0.0263. The van der Waals surface area contributed by atoms with Crippen molar-refractivity contribution in [2.24, 2.45) is 0 Å². The van der Waals surface area contributed by atoms with Crippen molar-refractivity contribution in [2.45, 2.75) is 31.9 Å². The minimum Gasteiger partial charge on any atom is -0.485 e. The van der Waals surface area contributed by atoms with E-state index in [2.05, 4.69) is 28.3 Å².